The summed E-state index contributed by atoms with van der Waals surface area (Å²) in [5, 5.41) is 8.85. The molecule has 0 unspecified atom stereocenters. The number of aromatic nitrogens is 3. The molecule has 1 aliphatic carbocycles. The molecular weight excluding hydrogens is 388 g/mol. The Labute approximate surface area is 175 Å². The van der Waals surface area contributed by atoms with Crippen LogP contribution in [0.3, 0.4) is 0 Å². The number of ether oxygens (including phenoxy) is 1. The lowest BCUT2D eigenvalue weighted by Gasteiger charge is -2.29. The van der Waals surface area contributed by atoms with Crippen LogP contribution in [0.2, 0.25) is 5.02 Å². The zero-order valence-electron chi connectivity index (χ0n) is 16.9. The first-order chi connectivity index (χ1) is 14.0. The van der Waals surface area contributed by atoms with E-state index in [4.69, 9.17) is 16.3 Å². The van der Waals surface area contributed by atoms with Crippen molar-refractivity contribution in [1.82, 2.24) is 20.1 Å². The quantitative estimate of drug-likeness (QED) is 0.674. The van der Waals surface area contributed by atoms with Crippen LogP contribution in [0.15, 0.2) is 30.5 Å². The van der Waals surface area contributed by atoms with Gasteiger partial charge in [-0.1, -0.05) is 37.4 Å². The van der Waals surface area contributed by atoms with E-state index in [1.165, 1.54) is 6.42 Å². The fraction of sp³-hybridized carbons (Fsp3) is 0.409. The van der Waals surface area contributed by atoms with E-state index in [2.05, 4.69) is 22.3 Å². The highest BCUT2D eigenvalue weighted by Crippen LogP contribution is 2.31. The van der Waals surface area contributed by atoms with Gasteiger partial charge in [0, 0.05) is 18.3 Å². The fourth-order valence-corrected chi connectivity index (χ4v) is 4.42. The second-order valence-corrected chi connectivity index (χ2v) is 8.10. The maximum absolute atomic E-state index is 12.9. The summed E-state index contributed by atoms with van der Waals surface area (Å²) in [5.41, 5.74) is 2.55. The lowest BCUT2D eigenvalue weighted by molar-refractivity contribution is 0.0910. The molecule has 7 heteroatoms. The average Bonchev–Trinajstić information content (AvgIpc) is 3.07. The lowest BCUT2D eigenvalue weighted by Crippen LogP contribution is -2.41. The van der Waals surface area contributed by atoms with E-state index in [1.807, 2.05) is 31.2 Å². The minimum Gasteiger partial charge on any atom is -0.497 e. The molecule has 0 radical (unpaired) electrons. The number of rotatable bonds is 4. The van der Waals surface area contributed by atoms with E-state index in [0.29, 0.717) is 27.5 Å². The van der Waals surface area contributed by atoms with E-state index >= 15 is 0 Å². The number of benzene rings is 1. The summed E-state index contributed by atoms with van der Waals surface area (Å²) in [6, 6.07) is 7.76. The summed E-state index contributed by atoms with van der Waals surface area (Å²) in [7, 11) is 1.62. The molecule has 2 atom stereocenters. The van der Waals surface area contributed by atoms with Crippen LogP contribution in [0.1, 0.15) is 48.7 Å². The highest BCUT2D eigenvalue weighted by molar-refractivity contribution is 6.38. The van der Waals surface area contributed by atoms with Gasteiger partial charge in [0.2, 0.25) is 0 Å². The summed E-state index contributed by atoms with van der Waals surface area (Å²) in [4.78, 5) is 17.5. The molecule has 0 saturated heterocycles. The summed E-state index contributed by atoms with van der Waals surface area (Å²) in [6.45, 7) is 4.06. The number of carbonyl (C=O) groups is 1. The Morgan fingerprint density at radius 2 is 2.10 bits per heavy atom. The summed E-state index contributed by atoms with van der Waals surface area (Å²) >= 11 is 6.68. The molecule has 29 heavy (non-hydrogen) atoms. The first kappa shape index (κ1) is 19.7. The van der Waals surface area contributed by atoms with Crippen LogP contribution in [0.25, 0.3) is 16.7 Å². The molecule has 1 aliphatic rings. The van der Waals surface area contributed by atoms with Crippen molar-refractivity contribution in [3.63, 3.8) is 0 Å². The van der Waals surface area contributed by atoms with Crippen molar-refractivity contribution in [1.29, 1.82) is 0 Å². The van der Waals surface area contributed by atoms with Crippen molar-refractivity contribution in [3.05, 3.63) is 46.7 Å². The number of amides is 1. The van der Waals surface area contributed by atoms with Gasteiger partial charge >= 0.3 is 0 Å². The number of methoxy groups -OCH3 is 1. The number of fused-ring (bicyclic) bond motifs is 1. The maximum atomic E-state index is 12.9. The van der Waals surface area contributed by atoms with Crippen LogP contribution >= 0.6 is 11.6 Å². The van der Waals surface area contributed by atoms with E-state index in [9.17, 15) is 4.79 Å². The van der Waals surface area contributed by atoms with Crippen molar-refractivity contribution < 1.29 is 9.53 Å². The predicted octanol–water partition coefficient (Wildman–Crippen LogP) is 4.70. The number of nitrogens with zero attached hydrogens (tertiary/aromatic N) is 3. The van der Waals surface area contributed by atoms with E-state index in [-0.39, 0.29) is 11.9 Å². The number of aryl methyl sites for hydroxylation is 1. The van der Waals surface area contributed by atoms with Gasteiger partial charge in [0.25, 0.3) is 5.91 Å². The summed E-state index contributed by atoms with van der Waals surface area (Å²) < 4.78 is 7.04. The van der Waals surface area contributed by atoms with Crippen LogP contribution in [-0.2, 0) is 0 Å². The van der Waals surface area contributed by atoms with Gasteiger partial charge in [-0.15, -0.1) is 0 Å². The van der Waals surface area contributed by atoms with Crippen LogP contribution < -0.4 is 10.1 Å². The van der Waals surface area contributed by atoms with Crippen molar-refractivity contribution in [3.8, 4) is 11.4 Å². The lowest BCUT2D eigenvalue weighted by atomic mass is 9.86. The number of hydrogen-bond acceptors (Lipinski definition) is 4. The van der Waals surface area contributed by atoms with E-state index in [0.717, 1.165) is 36.4 Å². The van der Waals surface area contributed by atoms with Crippen molar-refractivity contribution in [2.24, 2.45) is 5.92 Å². The standard InChI is InChI=1S/C22H25ClN4O2/c1-13-7-4-5-10-18(13)25-22(28)17-12-24-21-19(20(17)23)14(2)26-27(21)15-8-6-9-16(11-15)29-3/h6,8-9,11-13,18H,4-5,7,10H2,1-3H3,(H,25,28)/t13-,18-/m0/s1. The fourth-order valence-electron chi connectivity index (χ4n) is 4.07. The molecule has 2 heterocycles. The van der Waals surface area contributed by atoms with Crippen molar-refractivity contribution in [2.45, 2.75) is 45.6 Å². The second kappa shape index (κ2) is 8.03. The molecule has 152 valence electrons. The summed E-state index contributed by atoms with van der Waals surface area (Å²) in [5.74, 6) is 1.03. The zero-order valence-corrected chi connectivity index (χ0v) is 17.7. The average molecular weight is 413 g/mol. The normalized spacial score (nSPS) is 19.3. The first-order valence-electron chi connectivity index (χ1n) is 9.98. The molecule has 0 spiro atoms. The van der Waals surface area contributed by atoms with Gasteiger partial charge in [-0.2, -0.15) is 5.10 Å². The molecule has 1 saturated carbocycles. The molecule has 0 bridgehead atoms. The molecule has 1 amide bonds. The first-order valence-corrected chi connectivity index (χ1v) is 10.4. The van der Waals surface area contributed by atoms with Gasteiger partial charge in [-0.25, -0.2) is 9.67 Å². The Bertz CT molecular complexity index is 1060. The van der Waals surface area contributed by atoms with Crippen molar-refractivity contribution in [2.75, 3.05) is 7.11 Å². The smallest absolute Gasteiger partial charge is 0.254 e. The molecule has 2 aromatic heterocycles. The van der Waals surface area contributed by atoms with Gasteiger partial charge in [0.15, 0.2) is 5.65 Å². The monoisotopic (exact) mass is 412 g/mol. The summed E-state index contributed by atoms with van der Waals surface area (Å²) in [6.07, 6.45) is 6.07. The predicted molar refractivity (Wildman–Crippen MR) is 114 cm³/mol. The number of hydrogen-bond donors (Lipinski definition) is 1. The van der Waals surface area contributed by atoms with Gasteiger partial charge in [0.05, 0.1) is 34.5 Å². The largest absolute Gasteiger partial charge is 0.497 e. The Morgan fingerprint density at radius 3 is 2.86 bits per heavy atom. The zero-order chi connectivity index (χ0) is 20.5. The molecule has 6 nitrogen and oxygen atoms in total. The highest BCUT2D eigenvalue weighted by Gasteiger charge is 2.26. The van der Waals surface area contributed by atoms with Crippen LogP contribution in [0.4, 0.5) is 0 Å². The van der Waals surface area contributed by atoms with Crippen LogP contribution in [0.5, 0.6) is 5.75 Å². The molecule has 1 fully saturated rings. The van der Waals surface area contributed by atoms with Gasteiger partial charge in [-0.3, -0.25) is 4.79 Å². The number of carbonyl (C=O) groups excluding carboxylic acids is 1. The number of halogens is 1. The molecular formula is C22H25ClN4O2. The third kappa shape index (κ3) is 3.69. The third-order valence-electron chi connectivity index (χ3n) is 5.78. The van der Waals surface area contributed by atoms with E-state index < -0.39 is 0 Å². The van der Waals surface area contributed by atoms with Crippen LogP contribution in [-0.4, -0.2) is 33.8 Å². The molecule has 3 aromatic rings. The van der Waals surface area contributed by atoms with Gasteiger partial charge < -0.3 is 10.1 Å². The van der Waals surface area contributed by atoms with Gasteiger partial charge in [-0.05, 0) is 37.8 Å². The van der Waals surface area contributed by atoms with Crippen LogP contribution in [0, 0.1) is 12.8 Å². The topological polar surface area (TPSA) is 69.0 Å². The molecule has 0 aliphatic heterocycles. The number of pyridine rings is 1. The minimum absolute atomic E-state index is 0.170. The number of nitrogens with one attached hydrogen (secondary N) is 1. The minimum atomic E-state index is -0.170. The third-order valence-corrected chi connectivity index (χ3v) is 6.17. The molecule has 1 N–H and O–H groups in total. The Morgan fingerprint density at radius 1 is 1.31 bits per heavy atom. The molecule has 4 rings (SSSR count). The van der Waals surface area contributed by atoms with Crippen molar-refractivity contribution >= 4 is 28.5 Å². The van der Waals surface area contributed by atoms with Gasteiger partial charge in [0.1, 0.15) is 5.75 Å². The SMILES string of the molecule is COc1cccc(-n2nc(C)c3c(Cl)c(C(=O)N[C@H]4CCCC[C@@H]4C)cnc32)c1. The maximum Gasteiger partial charge on any atom is 0.254 e. The van der Waals surface area contributed by atoms with E-state index in [1.54, 1.807) is 18.0 Å². The second-order valence-electron chi connectivity index (χ2n) is 7.72. The highest BCUT2D eigenvalue weighted by atomic mass is 35.5. The Kier molecular flexibility index (Phi) is 5.46. The Hall–Kier alpha value is -2.60. The Balaban J connectivity index is 1.71. The molecule has 1 aromatic carbocycles.